The quantitative estimate of drug-likeness (QED) is 0.616. The Morgan fingerprint density at radius 1 is 1.25 bits per heavy atom. The van der Waals surface area contributed by atoms with Crippen molar-refractivity contribution >= 4 is 0 Å². The van der Waals surface area contributed by atoms with Crippen LogP contribution in [-0.4, -0.2) is 11.7 Å². The van der Waals surface area contributed by atoms with Gasteiger partial charge < -0.3 is 4.74 Å². The zero-order chi connectivity index (χ0) is 11.3. The van der Waals surface area contributed by atoms with E-state index in [2.05, 4.69) is 27.7 Å². The number of ether oxygens (including phenoxy) is 1. The van der Waals surface area contributed by atoms with Crippen molar-refractivity contribution in [2.75, 3.05) is 0 Å². The molecule has 1 heteroatoms. The van der Waals surface area contributed by atoms with Gasteiger partial charge >= 0.3 is 0 Å². The number of hydrogen-bond acceptors (Lipinski definition) is 1. The molecular weight excluding hydrogens is 196 g/mol. The molecule has 0 aromatic heterocycles. The van der Waals surface area contributed by atoms with Crippen LogP contribution in [0.1, 0.15) is 47.0 Å². The van der Waals surface area contributed by atoms with E-state index >= 15 is 0 Å². The van der Waals surface area contributed by atoms with Crippen LogP contribution >= 0.6 is 0 Å². The monoisotopic (exact) mass is 220 g/mol. The van der Waals surface area contributed by atoms with Gasteiger partial charge in [0.2, 0.25) is 0 Å². The lowest BCUT2D eigenvalue weighted by Gasteiger charge is -2.35. The fourth-order valence-electron chi connectivity index (χ4n) is 5.87. The van der Waals surface area contributed by atoms with Gasteiger partial charge in [-0.15, -0.1) is 0 Å². The molecule has 3 saturated carbocycles. The van der Waals surface area contributed by atoms with Crippen LogP contribution in [0, 0.1) is 35.0 Å². The summed E-state index contributed by atoms with van der Waals surface area (Å²) in [5.41, 5.74) is 1.04. The maximum Gasteiger partial charge on any atom is 0.0957 e. The molecular formula is C15H24O. The van der Waals surface area contributed by atoms with Gasteiger partial charge in [-0.05, 0) is 55.3 Å². The van der Waals surface area contributed by atoms with Crippen molar-refractivity contribution in [2.45, 2.75) is 58.7 Å². The summed E-state index contributed by atoms with van der Waals surface area (Å²) in [5, 5.41) is 0. The van der Waals surface area contributed by atoms with Crippen LogP contribution in [0.2, 0.25) is 0 Å². The lowest BCUT2D eigenvalue weighted by Crippen LogP contribution is -2.28. The maximum atomic E-state index is 5.96. The molecule has 0 radical (unpaired) electrons. The fourth-order valence-corrected chi connectivity index (χ4v) is 5.87. The minimum atomic E-state index is 0.316. The second-order valence-corrected chi connectivity index (χ2v) is 7.50. The molecule has 4 rings (SSSR count). The molecule has 1 nitrogen and oxygen atoms in total. The van der Waals surface area contributed by atoms with Crippen LogP contribution in [0.3, 0.4) is 0 Å². The van der Waals surface area contributed by atoms with Crippen molar-refractivity contribution in [3.63, 3.8) is 0 Å². The first kappa shape index (κ1) is 9.94. The number of hydrogen-bond donors (Lipinski definition) is 0. The molecule has 1 heterocycles. The SMILES string of the molecule is CC(C)[C@H]1CC[C@H](C)[C@]23CC4O[C@@]4(C)C2C13. The number of fused-ring (bicyclic) bond motifs is 3. The zero-order valence-corrected chi connectivity index (χ0v) is 11.0. The summed E-state index contributed by atoms with van der Waals surface area (Å²) in [6.45, 7) is 9.75. The highest BCUT2D eigenvalue weighted by atomic mass is 16.6. The minimum Gasteiger partial charge on any atom is -0.366 e. The van der Waals surface area contributed by atoms with E-state index in [1.54, 1.807) is 0 Å². The Labute approximate surface area is 98.9 Å². The molecule has 1 aliphatic heterocycles. The van der Waals surface area contributed by atoms with E-state index in [-0.39, 0.29) is 0 Å². The third-order valence-corrected chi connectivity index (χ3v) is 6.75. The highest BCUT2D eigenvalue weighted by Crippen LogP contribution is 2.85. The first-order valence-electron chi connectivity index (χ1n) is 7.19. The molecule has 3 aliphatic carbocycles. The molecule has 0 aromatic rings. The molecule has 0 N–H and O–H groups in total. The van der Waals surface area contributed by atoms with Crippen LogP contribution in [-0.2, 0) is 4.74 Å². The van der Waals surface area contributed by atoms with E-state index in [1.165, 1.54) is 19.3 Å². The summed E-state index contributed by atoms with van der Waals surface area (Å²) in [4.78, 5) is 0. The Hall–Kier alpha value is -0.0400. The molecule has 1 spiro atoms. The van der Waals surface area contributed by atoms with Gasteiger partial charge in [0, 0.05) is 5.92 Å². The summed E-state index contributed by atoms with van der Waals surface area (Å²) in [6, 6.07) is 0. The second-order valence-electron chi connectivity index (χ2n) is 7.50. The van der Waals surface area contributed by atoms with Crippen molar-refractivity contribution in [1.82, 2.24) is 0 Å². The van der Waals surface area contributed by atoms with Gasteiger partial charge in [0.05, 0.1) is 11.7 Å². The molecule has 3 unspecified atom stereocenters. The predicted molar refractivity (Wildman–Crippen MR) is 64.0 cm³/mol. The van der Waals surface area contributed by atoms with Gasteiger partial charge in [0.25, 0.3) is 0 Å². The molecule has 90 valence electrons. The zero-order valence-electron chi connectivity index (χ0n) is 11.0. The number of rotatable bonds is 1. The standard InChI is InChI=1S/C15H24O/c1-8(2)10-6-5-9(3)15-7-11-14(4,16-11)13(15)12(10)15/h8-13H,5-7H2,1-4H3/t9-,10+,11?,12?,13?,14+,15-/m0/s1. The van der Waals surface area contributed by atoms with Crippen molar-refractivity contribution in [3.8, 4) is 0 Å². The normalized spacial score (nSPS) is 66.2. The summed E-state index contributed by atoms with van der Waals surface area (Å²) in [5.74, 6) is 4.77. The molecule has 7 atom stereocenters. The Kier molecular flexibility index (Phi) is 1.57. The molecule has 0 bridgehead atoms. The molecule has 0 amide bonds. The van der Waals surface area contributed by atoms with E-state index in [0.29, 0.717) is 11.7 Å². The van der Waals surface area contributed by atoms with Gasteiger partial charge in [-0.2, -0.15) is 0 Å². The summed E-state index contributed by atoms with van der Waals surface area (Å²) in [6.07, 6.45) is 4.98. The first-order chi connectivity index (χ1) is 7.52. The summed E-state index contributed by atoms with van der Waals surface area (Å²) >= 11 is 0. The van der Waals surface area contributed by atoms with Crippen molar-refractivity contribution in [1.29, 1.82) is 0 Å². The Morgan fingerprint density at radius 2 is 2.00 bits per heavy atom. The summed E-state index contributed by atoms with van der Waals surface area (Å²) in [7, 11) is 0. The molecule has 16 heavy (non-hydrogen) atoms. The van der Waals surface area contributed by atoms with Crippen LogP contribution in [0.4, 0.5) is 0 Å². The van der Waals surface area contributed by atoms with Gasteiger partial charge in [-0.25, -0.2) is 0 Å². The maximum absolute atomic E-state index is 5.96. The Morgan fingerprint density at radius 3 is 2.69 bits per heavy atom. The van der Waals surface area contributed by atoms with Crippen LogP contribution in [0.25, 0.3) is 0 Å². The molecule has 1 saturated heterocycles. The van der Waals surface area contributed by atoms with Crippen LogP contribution in [0.5, 0.6) is 0 Å². The lowest BCUT2D eigenvalue weighted by molar-refractivity contribution is 0.124. The van der Waals surface area contributed by atoms with Crippen molar-refractivity contribution < 1.29 is 4.74 Å². The van der Waals surface area contributed by atoms with E-state index in [0.717, 1.165) is 35.0 Å². The highest BCUT2D eigenvalue weighted by Gasteiger charge is 2.87. The summed E-state index contributed by atoms with van der Waals surface area (Å²) < 4.78 is 5.96. The smallest absolute Gasteiger partial charge is 0.0957 e. The van der Waals surface area contributed by atoms with E-state index in [4.69, 9.17) is 4.74 Å². The van der Waals surface area contributed by atoms with E-state index in [1.807, 2.05) is 0 Å². The third kappa shape index (κ3) is 0.836. The van der Waals surface area contributed by atoms with Gasteiger partial charge in [-0.3, -0.25) is 0 Å². The lowest BCUT2D eigenvalue weighted by atomic mass is 9.70. The Balaban J connectivity index is 1.70. The average Bonchev–Trinajstić information content (AvgIpc) is 3.03. The average molecular weight is 220 g/mol. The van der Waals surface area contributed by atoms with Gasteiger partial charge in [-0.1, -0.05) is 20.8 Å². The Bertz CT molecular complexity index is 349. The molecule has 0 aromatic carbocycles. The van der Waals surface area contributed by atoms with Crippen molar-refractivity contribution in [3.05, 3.63) is 0 Å². The fraction of sp³-hybridized carbons (Fsp3) is 1.00. The van der Waals surface area contributed by atoms with E-state index < -0.39 is 0 Å². The first-order valence-corrected chi connectivity index (χ1v) is 7.19. The van der Waals surface area contributed by atoms with Crippen LogP contribution < -0.4 is 0 Å². The topological polar surface area (TPSA) is 12.5 Å². The number of epoxide rings is 1. The predicted octanol–water partition coefficient (Wildman–Crippen LogP) is 3.48. The van der Waals surface area contributed by atoms with E-state index in [9.17, 15) is 0 Å². The molecule has 4 aliphatic rings. The van der Waals surface area contributed by atoms with Gasteiger partial charge in [0.15, 0.2) is 0 Å². The van der Waals surface area contributed by atoms with Gasteiger partial charge in [0.1, 0.15) is 0 Å². The highest BCUT2D eigenvalue weighted by molar-refractivity contribution is 5.34. The largest absolute Gasteiger partial charge is 0.366 e. The minimum absolute atomic E-state index is 0.316. The third-order valence-electron chi connectivity index (χ3n) is 6.75. The van der Waals surface area contributed by atoms with Crippen molar-refractivity contribution in [2.24, 2.45) is 35.0 Å². The molecule has 4 fully saturated rings. The second kappa shape index (κ2) is 2.53. The van der Waals surface area contributed by atoms with Crippen LogP contribution in [0.15, 0.2) is 0 Å².